The van der Waals surface area contributed by atoms with Crippen LogP contribution in [-0.2, 0) is 19.6 Å². The monoisotopic (exact) mass is 257 g/mol. The van der Waals surface area contributed by atoms with Crippen LogP contribution in [0.15, 0.2) is 30.7 Å². The van der Waals surface area contributed by atoms with E-state index >= 15 is 0 Å². The Bertz CT molecular complexity index is 589. The van der Waals surface area contributed by atoms with Crippen molar-refractivity contribution >= 4 is 5.91 Å². The second-order valence-electron chi connectivity index (χ2n) is 4.52. The van der Waals surface area contributed by atoms with E-state index in [-0.39, 0.29) is 5.91 Å². The minimum atomic E-state index is -0.0576. The third kappa shape index (κ3) is 2.22. The summed E-state index contributed by atoms with van der Waals surface area (Å²) < 4.78 is 2.06. The first-order valence-electron chi connectivity index (χ1n) is 6.22. The van der Waals surface area contributed by atoms with E-state index in [0.717, 1.165) is 17.9 Å². The Morgan fingerprint density at radius 2 is 2.21 bits per heavy atom. The average molecular weight is 257 g/mol. The lowest BCUT2D eigenvalue weighted by atomic mass is 10.2. The molecule has 3 rings (SSSR count). The summed E-state index contributed by atoms with van der Waals surface area (Å²) in [6.45, 7) is 2.43. The van der Waals surface area contributed by atoms with Gasteiger partial charge in [-0.05, 0) is 11.6 Å². The van der Waals surface area contributed by atoms with Gasteiger partial charge in [-0.1, -0.05) is 6.07 Å². The molecule has 0 bridgehead atoms. The maximum Gasteiger partial charge on any atom is 0.272 e. The third-order valence-corrected chi connectivity index (χ3v) is 3.31. The maximum atomic E-state index is 12.3. The molecular formula is C13H15N5O. The number of pyridine rings is 1. The third-order valence-electron chi connectivity index (χ3n) is 3.31. The van der Waals surface area contributed by atoms with Crippen molar-refractivity contribution in [3.63, 3.8) is 0 Å². The van der Waals surface area contributed by atoms with Gasteiger partial charge in [0, 0.05) is 38.2 Å². The van der Waals surface area contributed by atoms with Gasteiger partial charge < -0.3 is 15.2 Å². The number of carbonyl (C=O) groups excluding carboxylic acids is 1. The number of amides is 1. The number of carbonyl (C=O) groups is 1. The first-order valence-corrected chi connectivity index (χ1v) is 6.22. The van der Waals surface area contributed by atoms with E-state index in [0.29, 0.717) is 25.3 Å². The van der Waals surface area contributed by atoms with Gasteiger partial charge >= 0.3 is 0 Å². The zero-order chi connectivity index (χ0) is 13.2. The molecule has 0 saturated carbocycles. The number of aromatic nitrogens is 3. The average Bonchev–Trinajstić information content (AvgIpc) is 2.94. The van der Waals surface area contributed by atoms with Gasteiger partial charge in [0.15, 0.2) is 0 Å². The van der Waals surface area contributed by atoms with Crippen LogP contribution in [0.1, 0.15) is 21.9 Å². The van der Waals surface area contributed by atoms with E-state index in [1.807, 2.05) is 12.3 Å². The van der Waals surface area contributed by atoms with Gasteiger partial charge in [0.25, 0.3) is 5.91 Å². The van der Waals surface area contributed by atoms with Crippen molar-refractivity contribution in [2.75, 3.05) is 6.54 Å². The lowest BCUT2D eigenvalue weighted by Crippen LogP contribution is -2.38. The highest BCUT2D eigenvalue weighted by molar-refractivity contribution is 5.92. The number of hydrogen-bond donors (Lipinski definition) is 1. The molecule has 1 amide bonds. The second kappa shape index (κ2) is 4.81. The molecular weight excluding hydrogens is 242 g/mol. The molecule has 2 N–H and O–H groups in total. The van der Waals surface area contributed by atoms with Gasteiger partial charge in [-0.3, -0.25) is 9.78 Å². The Balaban J connectivity index is 1.77. The molecule has 0 aliphatic carbocycles. The molecule has 2 aromatic heterocycles. The van der Waals surface area contributed by atoms with Crippen LogP contribution >= 0.6 is 0 Å². The first-order chi connectivity index (χ1) is 9.28. The molecule has 0 spiro atoms. The molecule has 19 heavy (non-hydrogen) atoms. The SMILES string of the molecule is NCc1ccc(C(=O)N2CCn3ccnc3C2)nc1. The highest BCUT2D eigenvalue weighted by Crippen LogP contribution is 2.13. The molecule has 0 saturated heterocycles. The van der Waals surface area contributed by atoms with Crippen LogP contribution in [0, 0.1) is 0 Å². The molecule has 1 aliphatic rings. The van der Waals surface area contributed by atoms with Crippen molar-refractivity contribution in [3.05, 3.63) is 47.8 Å². The van der Waals surface area contributed by atoms with Crippen molar-refractivity contribution in [3.8, 4) is 0 Å². The van der Waals surface area contributed by atoms with Gasteiger partial charge in [-0.15, -0.1) is 0 Å². The molecule has 0 fully saturated rings. The van der Waals surface area contributed by atoms with Crippen LogP contribution < -0.4 is 5.73 Å². The van der Waals surface area contributed by atoms with E-state index in [2.05, 4.69) is 14.5 Å². The van der Waals surface area contributed by atoms with Crippen LogP contribution in [0.2, 0.25) is 0 Å². The normalized spacial score (nSPS) is 14.3. The van der Waals surface area contributed by atoms with Crippen molar-refractivity contribution < 1.29 is 4.79 Å². The summed E-state index contributed by atoms with van der Waals surface area (Å²) in [4.78, 5) is 22.5. The summed E-state index contributed by atoms with van der Waals surface area (Å²) in [6, 6.07) is 3.57. The van der Waals surface area contributed by atoms with Crippen molar-refractivity contribution in [2.45, 2.75) is 19.6 Å². The Morgan fingerprint density at radius 1 is 1.32 bits per heavy atom. The van der Waals surface area contributed by atoms with Crippen molar-refractivity contribution in [1.29, 1.82) is 0 Å². The largest absolute Gasteiger partial charge is 0.332 e. The fourth-order valence-electron chi connectivity index (χ4n) is 2.18. The highest BCUT2D eigenvalue weighted by atomic mass is 16.2. The quantitative estimate of drug-likeness (QED) is 0.844. The van der Waals surface area contributed by atoms with Gasteiger partial charge in [0.2, 0.25) is 0 Å². The van der Waals surface area contributed by atoms with Gasteiger partial charge in [0.1, 0.15) is 11.5 Å². The lowest BCUT2D eigenvalue weighted by Gasteiger charge is -2.27. The minimum Gasteiger partial charge on any atom is -0.332 e. The summed E-state index contributed by atoms with van der Waals surface area (Å²) in [5, 5.41) is 0. The summed E-state index contributed by atoms with van der Waals surface area (Å²) in [6.07, 6.45) is 5.35. The van der Waals surface area contributed by atoms with Crippen LogP contribution in [0.5, 0.6) is 0 Å². The molecule has 0 unspecified atom stereocenters. The molecule has 0 aromatic carbocycles. The van der Waals surface area contributed by atoms with E-state index in [9.17, 15) is 4.79 Å². The summed E-state index contributed by atoms with van der Waals surface area (Å²) in [7, 11) is 0. The van der Waals surface area contributed by atoms with E-state index in [1.54, 1.807) is 23.4 Å². The molecule has 6 nitrogen and oxygen atoms in total. The predicted octanol–water partition coefficient (Wildman–Crippen LogP) is 0.393. The van der Waals surface area contributed by atoms with Crippen LogP contribution in [-0.4, -0.2) is 31.9 Å². The van der Waals surface area contributed by atoms with Crippen LogP contribution in [0.4, 0.5) is 0 Å². The summed E-state index contributed by atoms with van der Waals surface area (Å²) in [5.74, 6) is 0.857. The van der Waals surface area contributed by atoms with E-state index in [4.69, 9.17) is 5.73 Å². The zero-order valence-electron chi connectivity index (χ0n) is 10.5. The molecule has 0 atom stereocenters. The van der Waals surface area contributed by atoms with Crippen LogP contribution in [0.25, 0.3) is 0 Å². The zero-order valence-corrected chi connectivity index (χ0v) is 10.5. The van der Waals surface area contributed by atoms with Gasteiger partial charge in [-0.2, -0.15) is 0 Å². The van der Waals surface area contributed by atoms with Crippen molar-refractivity contribution in [2.24, 2.45) is 5.73 Å². The number of nitrogens with zero attached hydrogens (tertiary/aromatic N) is 4. The Morgan fingerprint density at radius 3 is 2.95 bits per heavy atom. The Kier molecular flexibility index (Phi) is 3.00. The smallest absolute Gasteiger partial charge is 0.272 e. The fraction of sp³-hybridized carbons (Fsp3) is 0.308. The molecule has 3 heterocycles. The second-order valence-corrected chi connectivity index (χ2v) is 4.52. The molecule has 0 radical (unpaired) electrons. The lowest BCUT2D eigenvalue weighted by molar-refractivity contribution is 0.0701. The van der Waals surface area contributed by atoms with Gasteiger partial charge in [-0.25, -0.2) is 4.98 Å². The number of imidazole rings is 1. The standard InChI is InChI=1S/C13H15N5O/c14-7-10-1-2-11(16-8-10)13(19)18-6-5-17-4-3-15-12(17)9-18/h1-4,8H,5-7,9,14H2. The topological polar surface area (TPSA) is 77.0 Å². The van der Waals surface area contributed by atoms with Crippen LogP contribution in [0.3, 0.4) is 0 Å². The summed E-state index contributed by atoms with van der Waals surface area (Å²) in [5.41, 5.74) is 6.89. The maximum absolute atomic E-state index is 12.3. The molecule has 6 heteroatoms. The highest BCUT2D eigenvalue weighted by Gasteiger charge is 2.22. The first kappa shape index (κ1) is 11.9. The molecule has 1 aliphatic heterocycles. The molecule has 2 aromatic rings. The van der Waals surface area contributed by atoms with E-state index < -0.39 is 0 Å². The van der Waals surface area contributed by atoms with Crippen molar-refractivity contribution in [1.82, 2.24) is 19.4 Å². The number of hydrogen-bond acceptors (Lipinski definition) is 4. The summed E-state index contributed by atoms with van der Waals surface area (Å²) >= 11 is 0. The molecule has 98 valence electrons. The Hall–Kier alpha value is -2.21. The number of fused-ring (bicyclic) bond motifs is 1. The van der Waals surface area contributed by atoms with Gasteiger partial charge in [0.05, 0.1) is 6.54 Å². The fourth-order valence-corrected chi connectivity index (χ4v) is 2.18. The number of rotatable bonds is 2. The number of nitrogens with two attached hydrogens (primary N) is 1. The Labute approximate surface area is 110 Å². The minimum absolute atomic E-state index is 0.0576. The van der Waals surface area contributed by atoms with E-state index in [1.165, 1.54) is 0 Å². The predicted molar refractivity (Wildman–Crippen MR) is 69.1 cm³/mol.